The molecular formula is C13H11ClN2O2. The van der Waals surface area contributed by atoms with Crippen LogP contribution in [-0.4, -0.2) is 11.8 Å². The molecule has 1 aromatic carbocycles. The van der Waals surface area contributed by atoms with Gasteiger partial charge >= 0.3 is 0 Å². The summed E-state index contributed by atoms with van der Waals surface area (Å²) in [6.07, 6.45) is 3.51. The van der Waals surface area contributed by atoms with Crippen molar-refractivity contribution in [1.82, 2.24) is 4.98 Å². The molecule has 4 nitrogen and oxygen atoms in total. The number of anilines is 1. The van der Waals surface area contributed by atoms with Crippen LogP contribution in [0.1, 0.15) is 5.56 Å². The molecule has 2 heterocycles. The number of pyridine rings is 1. The Labute approximate surface area is 110 Å². The summed E-state index contributed by atoms with van der Waals surface area (Å²) in [5.74, 6) is 1.33. The van der Waals surface area contributed by atoms with Crippen molar-refractivity contribution in [2.75, 3.05) is 12.1 Å². The van der Waals surface area contributed by atoms with Crippen molar-refractivity contribution in [3.05, 3.63) is 47.2 Å². The van der Waals surface area contributed by atoms with Gasteiger partial charge in [0.1, 0.15) is 0 Å². The minimum Gasteiger partial charge on any atom is -0.454 e. The van der Waals surface area contributed by atoms with Crippen LogP contribution >= 0.6 is 11.6 Å². The lowest BCUT2D eigenvalue weighted by atomic mass is 10.2. The average molecular weight is 263 g/mol. The quantitative estimate of drug-likeness (QED) is 0.923. The number of ether oxygens (including phenoxy) is 2. The average Bonchev–Trinajstić information content (AvgIpc) is 2.86. The van der Waals surface area contributed by atoms with E-state index in [1.54, 1.807) is 12.4 Å². The van der Waals surface area contributed by atoms with Gasteiger partial charge in [-0.1, -0.05) is 11.6 Å². The zero-order valence-electron chi connectivity index (χ0n) is 9.52. The van der Waals surface area contributed by atoms with Gasteiger partial charge in [-0.05, 0) is 29.8 Å². The Morgan fingerprint density at radius 1 is 1.33 bits per heavy atom. The van der Waals surface area contributed by atoms with Crippen molar-refractivity contribution in [3.8, 4) is 11.5 Å². The van der Waals surface area contributed by atoms with E-state index in [2.05, 4.69) is 10.3 Å². The molecule has 0 radical (unpaired) electrons. The highest BCUT2D eigenvalue weighted by molar-refractivity contribution is 6.32. The van der Waals surface area contributed by atoms with Gasteiger partial charge < -0.3 is 14.8 Å². The van der Waals surface area contributed by atoms with Crippen LogP contribution in [0.2, 0.25) is 5.02 Å². The Morgan fingerprint density at radius 2 is 2.28 bits per heavy atom. The van der Waals surface area contributed by atoms with E-state index in [1.165, 1.54) is 0 Å². The van der Waals surface area contributed by atoms with E-state index in [4.69, 9.17) is 21.1 Å². The van der Waals surface area contributed by atoms with Crippen LogP contribution in [0.5, 0.6) is 11.5 Å². The highest BCUT2D eigenvalue weighted by Crippen LogP contribution is 2.39. The lowest BCUT2D eigenvalue weighted by Crippen LogP contribution is -1.99. The van der Waals surface area contributed by atoms with Gasteiger partial charge in [0.2, 0.25) is 6.79 Å². The molecule has 0 saturated carbocycles. The molecule has 0 aliphatic carbocycles. The number of benzene rings is 1. The van der Waals surface area contributed by atoms with E-state index in [0.717, 1.165) is 11.3 Å². The summed E-state index contributed by atoms with van der Waals surface area (Å²) < 4.78 is 10.6. The zero-order chi connectivity index (χ0) is 12.4. The summed E-state index contributed by atoms with van der Waals surface area (Å²) in [4.78, 5) is 4.04. The molecule has 1 aromatic heterocycles. The number of hydrogen-bond acceptors (Lipinski definition) is 4. The van der Waals surface area contributed by atoms with Crippen molar-refractivity contribution >= 4 is 17.3 Å². The number of nitrogens with zero attached hydrogens (tertiary/aromatic N) is 1. The molecule has 92 valence electrons. The minimum atomic E-state index is 0.231. The maximum Gasteiger partial charge on any atom is 0.231 e. The maximum absolute atomic E-state index is 6.11. The number of nitrogens with one attached hydrogen (secondary N) is 1. The Balaban J connectivity index is 1.76. The van der Waals surface area contributed by atoms with Crippen molar-refractivity contribution in [3.63, 3.8) is 0 Å². The van der Waals surface area contributed by atoms with E-state index in [9.17, 15) is 0 Å². The van der Waals surface area contributed by atoms with Crippen molar-refractivity contribution in [2.24, 2.45) is 0 Å². The van der Waals surface area contributed by atoms with Gasteiger partial charge in [0.05, 0.1) is 10.7 Å². The molecule has 0 amide bonds. The highest BCUT2D eigenvalue weighted by Gasteiger charge is 2.17. The predicted molar refractivity (Wildman–Crippen MR) is 69.1 cm³/mol. The molecule has 1 N–H and O–H groups in total. The Hall–Kier alpha value is -1.94. The third kappa shape index (κ3) is 2.19. The number of fused-ring (bicyclic) bond motifs is 1. The summed E-state index contributed by atoms with van der Waals surface area (Å²) in [5, 5.41) is 3.84. The Bertz CT molecular complexity index is 560. The van der Waals surface area contributed by atoms with Crippen LogP contribution in [0.15, 0.2) is 36.7 Å². The van der Waals surface area contributed by atoms with Crippen LogP contribution in [0.4, 0.5) is 5.69 Å². The van der Waals surface area contributed by atoms with Crippen LogP contribution < -0.4 is 14.8 Å². The molecule has 0 bridgehead atoms. The summed E-state index contributed by atoms with van der Waals surface area (Å²) >= 11 is 6.11. The van der Waals surface area contributed by atoms with Crippen LogP contribution in [-0.2, 0) is 6.54 Å². The molecule has 1 aliphatic rings. The summed E-state index contributed by atoms with van der Waals surface area (Å²) in [6.45, 7) is 0.886. The fourth-order valence-electron chi connectivity index (χ4n) is 1.79. The molecule has 5 heteroatoms. The second-order valence-electron chi connectivity index (χ2n) is 3.91. The standard InChI is InChI=1S/C13H11ClN2O2/c14-11-4-9(5-12-13(11)18-8-17-12)6-16-10-2-1-3-15-7-10/h1-5,7,16H,6,8H2. The van der Waals surface area contributed by atoms with Crippen molar-refractivity contribution in [1.29, 1.82) is 0 Å². The van der Waals surface area contributed by atoms with E-state index < -0.39 is 0 Å². The Morgan fingerprint density at radius 3 is 3.11 bits per heavy atom. The van der Waals surface area contributed by atoms with E-state index in [1.807, 2.05) is 24.3 Å². The van der Waals surface area contributed by atoms with Gasteiger partial charge in [-0.15, -0.1) is 0 Å². The first-order valence-corrected chi connectivity index (χ1v) is 5.92. The number of aromatic nitrogens is 1. The minimum absolute atomic E-state index is 0.231. The summed E-state index contributed by atoms with van der Waals surface area (Å²) in [5.41, 5.74) is 2.00. The van der Waals surface area contributed by atoms with Gasteiger partial charge in [-0.25, -0.2) is 0 Å². The molecular weight excluding hydrogens is 252 g/mol. The third-order valence-corrected chi connectivity index (χ3v) is 2.93. The molecule has 2 aromatic rings. The summed E-state index contributed by atoms with van der Waals surface area (Å²) in [7, 11) is 0. The van der Waals surface area contributed by atoms with Gasteiger partial charge in [0.25, 0.3) is 0 Å². The molecule has 18 heavy (non-hydrogen) atoms. The van der Waals surface area contributed by atoms with E-state index in [-0.39, 0.29) is 6.79 Å². The highest BCUT2D eigenvalue weighted by atomic mass is 35.5. The second-order valence-corrected chi connectivity index (χ2v) is 4.31. The smallest absolute Gasteiger partial charge is 0.231 e. The fraction of sp³-hybridized carbons (Fsp3) is 0.154. The topological polar surface area (TPSA) is 43.4 Å². The van der Waals surface area contributed by atoms with Crippen LogP contribution in [0.25, 0.3) is 0 Å². The van der Waals surface area contributed by atoms with Crippen molar-refractivity contribution in [2.45, 2.75) is 6.54 Å². The van der Waals surface area contributed by atoms with Gasteiger partial charge in [0, 0.05) is 18.9 Å². The van der Waals surface area contributed by atoms with Gasteiger partial charge in [-0.2, -0.15) is 0 Å². The van der Waals surface area contributed by atoms with Crippen LogP contribution in [0, 0.1) is 0 Å². The predicted octanol–water partition coefficient (Wildman–Crippen LogP) is 3.08. The third-order valence-electron chi connectivity index (χ3n) is 2.65. The molecule has 3 rings (SSSR count). The molecule has 0 saturated heterocycles. The van der Waals surface area contributed by atoms with Gasteiger partial charge in [0.15, 0.2) is 11.5 Å². The Kier molecular flexibility index (Phi) is 2.94. The lowest BCUT2D eigenvalue weighted by molar-refractivity contribution is 0.174. The normalized spacial score (nSPS) is 12.5. The zero-order valence-corrected chi connectivity index (χ0v) is 10.3. The summed E-state index contributed by atoms with van der Waals surface area (Å²) in [6, 6.07) is 7.65. The SMILES string of the molecule is Clc1cc(CNc2cccnc2)cc2c1OCO2. The van der Waals surface area contributed by atoms with E-state index in [0.29, 0.717) is 23.1 Å². The maximum atomic E-state index is 6.11. The molecule has 1 aliphatic heterocycles. The second kappa shape index (κ2) is 4.74. The fourth-order valence-corrected chi connectivity index (χ4v) is 2.08. The van der Waals surface area contributed by atoms with Crippen LogP contribution in [0.3, 0.4) is 0 Å². The first-order chi connectivity index (χ1) is 8.83. The van der Waals surface area contributed by atoms with Crippen molar-refractivity contribution < 1.29 is 9.47 Å². The number of hydrogen-bond donors (Lipinski definition) is 1. The largest absolute Gasteiger partial charge is 0.454 e. The molecule has 0 atom stereocenters. The monoisotopic (exact) mass is 262 g/mol. The lowest BCUT2D eigenvalue weighted by Gasteiger charge is -2.07. The number of halogens is 1. The first kappa shape index (κ1) is 11.2. The first-order valence-electron chi connectivity index (χ1n) is 5.55. The molecule has 0 fully saturated rings. The van der Waals surface area contributed by atoms with Gasteiger partial charge in [-0.3, -0.25) is 4.98 Å². The van der Waals surface area contributed by atoms with E-state index >= 15 is 0 Å². The molecule has 0 spiro atoms. The molecule has 0 unspecified atom stereocenters. The number of rotatable bonds is 3.